The molecule has 0 unspecified atom stereocenters. The third-order valence-corrected chi connectivity index (χ3v) is 4.63. The molecular formula is C16H16BrN3O2S. The number of benzene rings is 2. The summed E-state index contributed by atoms with van der Waals surface area (Å²) in [4.78, 5) is 23.8. The lowest BCUT2D eigenvalue weighted by atomic mass is 10.3. The van der Waals surface area contributed by atoms with E-state index in [0.29, 0.717) is 0 Å². The Morgan fingerprint density at radius 1 is 1.04 bits per heavy atom. The minimum absolute atomic E-state index is 0.121. The molecule has 0 fully saturated rings. The molecule has 0 saturated carbocycles. The van der Waals surface area contributed by atoms with Crippen LogP contribution in [-0.2, 0) is 9.59 Å². The second kappa shape index (κ2) is 8.59. The molecule has 7 heteroatoms. The van der Waals surface area contributed by atoms with Crippen molar-refractivity contribution >= 4 is 50.9 Å². The summed E-state index contributed by atoms with van der Waals surface area (Å²) in [6.07, 6.45) is 0. The van der Waals surface area contributed by atoms with Crippen molar-refractivity contribution in [3.05, 3.63) is 53.0 Å². The van der Waals surface area contributed by atoms with E-state index in [1.807, 2.05) is 48.5 Å². The molecule has 0 aliphatic heterocycles. The van der Waals surface area contributed by atoms with Gasteiger partial charge >= 0.3 is 0 Å². The van der Waals surface area contributed by atoms with Gasteiger partial charge in [-0.2, -0.15) is 0 Å². The SMILES string of the molecule is NC(=O)CSc1ccccc1NCC(=O)Nc1ccccc1Br. The molecule has 2 aromatic rings. The second-order valence-corrected chi connectivity index (χ2v) is 6.50. The normalized spacial score (nSPS) is 10.1. The number of nitrogens with one attached hydrogen (secondary N) is 2. The summed E-state index contributed by atoms with van der Waals surface area (Å²) in [5.41, 5.74) is 6.67. The molecule has 0 radical (unpaired) electrons. The maximum absolute atomic E-state index is 12.0. The Balaban J connectivity index is 1.94. The predicted molar refractivity (Wildman–Crippen MR) is 97.6 cm³/mol. The molecule has 0 heterocycles. The van der Waals surface area contributed by atoms with Gasteiger partial charge in [0.15, 0.2) is 0 Å². The Hall–Kier alpha value is -1.99. The van der Waals surface area contributed by atoms with Crippen LogP contribution in [0.1, 0.15) is 0 Å². The van der Waals surface area contributed by atoms with Crippen molar-refractivity contribution in [2.75, 3.05) is 22.9 Å². The standard InChI is InChI=1S/C16H16BrN3O2S/c17-11-5-1-2-6-12(11)20-16(22)9-19-13-7-3-4-8-14(13)23-10-15(18)21/h1-8,19H,9-10H2,(H2,18,21)(H,20,22). The highest BCUT2D eigenvalue weighted by molar-refractivity contribution is 9.10. The van der Waals surface area contributed by atoms with Crippen LogP contribution in [0.15, 0.2) is 57.9 Å². The van der Waals surface area contributed by atoms with Crippen LogP contribution in [0, 0.1) is 0 Å². The van der Waals surface area contributed by atoms with Crippen molar-refractivity contribution in [2.24, 2.45) is 5.73 Å². The van der Waals surface area contributed by atoms with Crippen LogP contribution in [0.3, 0.4) is 0 Å². The smallest absolute Gasteiger partial charge is 0.243 e. The molecule has 0 saturated heterocycles. The van der Waals surface area contributed by atoms with Gasteiger partial charge in [-0.15, -0.1) is 11.8 Å². The van der Waals surface area contributed by atoms with Gasteiger partial charge in [0.25, 0.3) is 0 Å². The zero-order chi connectivity index (χ0) is 16.7. The first kappa shape index (κ1) is 17.4. The number of hydrogen-bond acceptors (Lipinski definition) is 4. The molecule has 0 bridgehead atoms. The van der Waals surface area contributed by atoms with Gasteiger partial charge in [0.2, 0.25) is 11.8 Å². The fourth-order valence-electron chi connectivity index (χ4n) is 1.82. The zero-order valence-electron chi connectivity index (χ0n) is 12.2. The monoisotopic (exact) mass is 393 g/mol. The highest BCUT2D eigenvalue weighted by atomic mass is 79.9. The van der Waals surface area contributed by atoms with Crippen molar-refractivity contribution in [3.8, 4) is 0 Å². The maximum atomic E-state index is 12.0. The summed E-state index contributed by atoms with van der Waals surface area (Å²) in [6, 6.07) is 14.9. The van der Waals surface area contributed by atoms with Gasteiger partial charge < -0.3 is 16.4 Å². The molecule has 0 aliphatic carbocycles. The first-order valence-corrected chi connectivity index (χ1v) is 8.62. The summed E-state index contributed by atoms with van der Waals surface area (Å²) in [7, 11) is 0. The lowest BCUT2D eigenvalue weighted by Gasteiger charge is -2.12. The molecule has 0 atom stereocenters. The molecule has 5 nitrogen and oxygen atoms in total. The quantitative estimate of drug-likeness (QED) is 0.631. The fourth-order valence-corrected chi connectivity index (χ4v) is 2.97. The lowest BCUT2D eigenvalue weighted by molar-refractivity contribution is -0.116. The second-order valence-electron chi connectivity index (χ2n) is 4.63. The van der Waals surface area contributed by atoms with Crippen LogP contribution in [-0.4, -0.2) is 24.1 Å². The number of para-hydroxylation sites is 2. The van der Waals surface area contributed by atoms with E-state index in [1.165, 1.54) is 11.8 Å². The van der Waals surface area contributed by atoms with Gasteiger partial charge in [-0.1, -0.05) is 24.3 Å². The molecule has 2 amide bonds. The largest absolute Gasteiger partial charge is 0.375 e. The Morgan fingerprint density at radius 3 is 2.39 bits per heavy atom. The van der Waals surface area contributed by atoms with Crippen LogP contribution in [0.2, 0.25) is 0 Å². The molecule has 0 aromatic heterocycles. The van der Waals surface area contributed by atoms with Gasteiger partial charge in [-0.25, -0.2) is 0 Å². The van der Waals surface area contributed by atoms with Gasteiger partial charge in [-0.05, 0) is 40.2 Å². The molecular weight excluding hydrogens is 378 g/mol. The van der Waals surface area contributed by atoms with E-state index in [2.05, 4.69) is 26.6 Å². The van der Waals surface area contributed by atoms with Crippen molar-refractivity contribution in [1.29, 1.82) is 0 Å². The number of anilines is 2. The van der Waals surface area contributed by atoms with Gasteiger partial charge in [0, 0.05) is 15.1 Å². The summed E-state index contributed by atoms with van der Waals surface area (Å²) in [5.74, 6) is -0.343. The Bertz CT molecular complexity index is 709. The van der Waals surface area contributed by atoms with Crippen molar-refractivity contribution in [2.45, 2.75) is 4.90 Å². The van der Waals surface area contributed by atoms with Crippen LogP contribution in [0.25, 0.3) is 0 Å². The molecule has 2 rings (SSSR count). The summed E-state index contributed by atoms with van der Waals surface area (Å²) >= 11 is 4.72. The van der Waals surface area contributed by atoms with Gasteiger partial charge in [0.05, 0.1) is 18.0 Å². The van der Waals surface area contributed by atoms with Crippen molar-refractivity contribution < 1.29 is 9.59 Å². The van der Waals surface area contributed by atoms with Crippen molar-refractivity contribution in [1.82, 2.24) is 0 Å². The number of halogens is 1. The first-order chi connectivity index (χ1) is 11.1. The van der Waals surface area contributed by atoms with E-state index >= 15 is 0 Å². The van der Waals surface area contributed by atoms with Crippen molar-refractivity contribution in [3.63, 3.8) is 0 Å². The minimum atomic E-state index is -0.378. The van der Waals surface area contributed by atoms with Gasteiger partial charge in [-0.3, -0.25) is 9.59 Å². The summed E-state index contributed by atoms with van der Waals surface area (Å²) in [5, 5.41) is 5.90. The highest BCUT2D eigenvalue weighted by Crippen LogP contribution is 2.26. The number of nitrogens with two attached hydrogens (primary N) is 1. The molecule has 0 aliphatic rings. The average Bonchev–Trinajstić information content (AvgIpc) is 2.54. The fraction of sp³-hybridized carbons (Fsp3) is 0.125. The molecule has 23 heavy (non-hydrogen) atoms. The number of primary amides is 1. The van der Waals surface area contributed by atoms with Crippen LogP contribution in [0.4, 0.5) is 11.4 Å². The molecule has 120 valence electrons. The zero-order valence-corrected chi connectivity index (χ0v) is 14.6. The summed E-state index contributed by atoms with van der Waals surface area (Å²) in [6.45, 7) is 0.121. The van der Waals surface area contributed by atoms with E-state index in [0.717, 1.165) is 20.7 Å². The number of amides is 2. The minimum Gasteiger partial charge on any atom is -0.375 e. The number of hydrogen-bond donors (Lipinski definition) is 3. The number of rotatable bonds is 7. The molecule has 0 spiro atoms. The molecule has 4 N–H and O–H groups in total. The Kier molecular flexibility index (Phi) is 6.49. The van der Waals surface area contributed by atoms with E-state index in [-0.39, 0.29) is 24.1 Å². The van der Waals surface area contributed by atoms with E-state index in [9.17, 15) is 9.59 Å². The van der Waals surface area contributed by atoms with Crippen LogP contribution in [0.5, 0.6) is 0 Å². The first-order valence-electron chi connectivity index (χ1n) is 6.84. The average molecular weight is 394 g/mol. The maximum Gasteiger partial charge on any atom is 0.243 e. The Morgan fingerprint density at radius 2 is 1.70 bits per heavy atom. The third-order valence-electron chi connectivity index (χ3n) is 2.84. The van der Waals surface area contributed by atoms with E-state index in [4.69, 9.17) is 5.73 Å². The highest BCUT2D eigenvalue weighted by Gasteiger charge is 2.08. The van der Waals surface area contributed by atoms with E-state index < -0.39 is 0 Å². The van der Waals surface area contributed by atoms with Crippen LogP contribution >= 0.6 is 27.7 Å². The summed E-state index contributed by atoms with van der Waals surface area (Å²) < 4.78 is 0.825. The third kappa shape index (κ3) is 5.61. The lowest BCUT2D eigenvalue weighted by Crippen LogP contribution is -2.22. The Labute approximate surface area is 147 Å². The predicted octanol–water partition coefficient (Wildman–Crippen LogP) is 3.08. The molecule has 2 aromatic carbocycles. The van der Waals surface area contributed by atoms with Crippen LogP contribution < -0.4 is 16.4 Å². The van der Waals surface area contributed by atoms with Gasteiger partial charge in [0.1, 0.15) is 0 Å². The number of thioether (sulfide) groups is 1. The van der Waals surface area contributed by atoms with E-state index in [1.54, 1.807) is 0 Å². The topological polar surface area (TPSA) is 84.2 Å². The number of carbonyl (C=O) groups is 2. The number of carbonyl (C=O) groups excluding carboxylic acids is 2.